The van der Waals surface area contributed by atoms with Gasteiger partial charge in [0.1, 0.15) is 30.3 Å². The van der Waals surface area contributed by atoms with Gasteiger partial charge in [-0.15, -0.1) is 10.1 Å². The molecular formula is C23H21N3O6. The van der Waals surface area contributed by atoms with Gasteiger partial charge in [0.25, 0.3) is 5.09 Å². The first-order valence-electron chi connectivity index (χ1n) is 9.95. The molecule has 0 aromatic heterocycles. The first-order chi connectivity index (χ1) is 15.5. The summed E-state index contributed by atoms with van der Waals surface area (Å²) in [6.45, 7) is -0.126. The minimum atomic E-state index is -0.919. The summed E-state index contributed by atoms with van der Waals surface area (Å²) >= 11 is 0. The van der Waals surface area contributed by atoms with E-state index >= 15 is 0 Å². The van der Waals surface area contributed by atoms with Crippen LogP contribution in [-0.4, -0.2) is 42.1 Å². The molecular weight excluding hydrogens is 414 g/mol. The third-order valence-corrected chi connectivity index (χ3v) is 5.24. The molecule has 1 amide bonds. The van der Waals surface area contributed by atoms with E-state index < -0.39 is 10.6 Å². The number of benzene rings is 2. The van der Waals surface area contributed by atoms with E-state index in [2.05, 4.69) is 4.84 Å². The van der Waals surface area contributed by atoms with Crippen molar-refractivity contribution in [3.8, 4) is 5.75 Å². The van der Waals surface area contributed by atoms with Crippen LogP contribution in [0.25, 0.3) is 0 Å². The number of nitrogens with zero attached hydrogens (tertiary/aromatic N) is 3. The van der Waals surface area contributed by atoms with Crippen molar-refractivity contribution in [3.05, 3.63) is 99.9 Å². The smallest absolute Gasteiger partial charge is 0.294 e. The maximum atomic E-state index is 13.3. The fraction of sp³-hybridized carbons (Fsp3) is 0.217. The van der Waals surface area contributed by atoms with Crippen LogP contribution < -0.4 is 4.74 Å². The van der Waals surface area contributed by atoms with E-state index in [1.807, 2.05) is 42.5 Å². The summed E-state index contributed by atoms with van der Waals surface area (Å²) in [5, 5.41) is 9.38. The number of allylic oxidation sites excluding steroid dienone is 2. The minimum Gasteiger partial charge on any atom is -0.492 e. The summed E-state index contributed by atoms with van der Waals surface area (Å²) in [6.07, 6.45) is 5.42. The molecule has 0 N–H and O–H groups in total. The Bertz CT molecular complexity index is 1090. The number of hydrogen-bond donors (Lipinski definition) is 0. The molecule has 2 heterocycles. The third kappa shape index (κ3) is 4.04. The van der Waals surface area contributed by atoms with Gasteiger partial charge < -0.3 is 14.3 Å². The zero-order valence-corrected chi connectivity index (χ0v) is 17.3. The average Bonchev–Trinajstić information content (AvgIpc) is 2.82. The van der Waals surface area contributed by atoms with Crippen LogP contribution in [0.5, 0.6) is 5.75 Å². The molecule has 2 aliphatic rings. The summed E-state index contributed by atoms with van der Waals surface area (Å²) in [7, 11) is 1.52. The largest absolute Gasteiger partial charge is 0.492 e. The second-order valence-electron chi connectivity index (χ2n) is 7.10. The number of amides is 1. The van der Waals surface area contributed by atoms with Crippen molar-refractivity contribution >= 4 is 11.7 Å². The van der Waals surface area contributed by atoms with E-state index in [4.69, 9.17) is 14.5 Å². The molecule has 2 aromatic rings. The highest BCUT2D eigenvalue weighted by atomic mass is 17.0. The van der Waals surface area contributed by atoms with Gasteiger partial charge in [-0.3, -0.25) is 9.79 Å². The molecule has 2 aromatic carbocycles. The number of ether oxygens (including phenoxy) is 2. The zero-order valence-electron chi connectivity index (χ0n) is 17.3. The van der Waals surface area contributed by atoms with Crippen molar-refractivity contribution in [1.29, 1.82) is 0 Å². The number of aliphatic imine (C=N–C) groups is 1. The van der Waals surface area contributed by atoms with Crippen molar-refractivity contribution in [2.24, 2.45) is 4.99 Å². The highest BCUT2D eigenvalue weighted by molar-refractivity contribution is 6.09. The van der Waals surface area contributed by atoms with Crippen molar-refractivity contribution in [3.63, 3.8) is 0 Å². The topological polar surface area (TPSA) is 103 Å². The molecule has 9 heteroatoms. The van der Waals surface area contributed by atoms with Crippen LogP contribution in [0, 0.1) is 10.1 Å². The summed E-state index contributed by atoms with van der Waals surface area (Å²) in [5.74, 6) is 1.33. The van der Waals surface area contributed by atoms with Gasteiger partial charge in [0.05, 0.1) is 13.5 Å². The maximum Gasteiger partial charge on any atom is 0.294 e. The number of methoxy groups -OCH3 is 1. The molecule has 0 radical (unpaired) electrons. The normalized spacial score (nSPS) is 19.5. The van der Waals surface area contributed by atoms with Gasteiger partial charge in [0.15, 0.2) is 0 Å². The lowest BCUT2D eigenvalue weighted by Gasteiger charge is -2.39. The summed E-state index contributed by atoms with van der Waals surface area (Å²) in [4.78, 5) is 34.2. The molecule has 32 heavy (non-hydrogen) atoms. The molecule has 1 unspecified atom stereocenters. The van der Waals surface area contributed by atoms with Crippen molar-refractivity contribution in [2.75, 3.05) is 20.3 Å². The van der Waals surface area contributed by atoms with Gasteiger partial charge in [-0.25, -0.2) is 4.90 Å². The van der Waals surface area contributed by atoms with E-state index in [9.17, 15) is 14.9 Å². The number of rotatable bonds is 8. The molecule has 4 rings (SSSR count). The lowest BCUT2D eigenvalue weighted by atomic mass is 9.79. The highest BCUT2D eigenvalue weighted by Gasteiger charge is 2.44. The molecule has 164 valence electrons. The number of carbonyl (C=O) groups is 1. The Kier molecular flexibility index (Phi) is 5.89. The summed E-state index contributed by atoms with van der Waals surface area (Å²) in [6, 6.07) is 16.8. The predicted molar refractivity (Wildman–Crippen MR) is 115 cm³/mol. The van der Waals surface area contributed by atoms with Crippen LogP contribution >= 0.6 is 0 Å². The minimum absolute atomic E-state index is 0.0385. The van der Waals surface area contributed by atoms with Gasteiger partial charge in [-0.2, -0.15) is 0 Å². The molecule has 2 aliphatic heterocycles. The van der Waals surface area contributed by atoms with Gasteiger partial charge >= 0.3 is 0 Å². The van der Waals surface area contributed by atoms with Crippen molar-refractivity contribution in [2.45, 2.75) is 12.0 Å². The van der Waals surface area contributed by atoms with Crippen LogP contribution in [0.1, 0.15) is 17.5 Å². The number of carbonyl (C=O) groups excluding carboxylic acids is 1. The Morgan fingerprint density at radius 1 is 1.09 bits per heavy atom. The van der Waals surface area contributed by atoms with Crippen molar-refractivity contribution in [1.82, 2.24) is 4.90 Å². The van der Waals surface area contributed by atoms with Gasteiger partial charge in [-0.1, -0.05) is 48.5 Å². The van der Waals surface area contributed by atoms with Gasteiger partial charge in [0, 0.05) is 0 Å². The Balaban J connectivity index is 1.69. The SMILES string of the molecule is COC1=CC=CC2=NC(c3ccccc3)(c3ccc(OCCO[N+](=O)[O-])cc3)CC(=O)N12. The molecule has 9 nitrogen and oxygen atoms in total. The molecule has 0 saturated heterocycles. The quantitative estimate of drug-likeness (QED) is 0.358. The molecule has 0 bridgehead atoms. The Labute approximate surface area is 184 Å². The second kappa shape index (κ2) is 8.93. The van der Waals surface area contributed by atoms with E-state index in [0.29, 0.717) is 17.5 Å². The van der Waals surface area contributed by atoms with E-state index in [1.54, 1.807) is 30.4 Å². The molecule has 0 fully saturated rings. The lowest BCUT2D eigenvalue weighted by Crippen LogP contribution is -2.47. The number of amidine groups is 1. The van der Waals surface area contributed by atoms with Gasteiger partial charge in [-0.05, 0) is 35.4 Å². The Morgan fingerprint density at radius 3 is 2.50 bits per heavy atom. The van der Waals surface area contributed by atoms with Crippen LogP contribution in [0.4, 0.5) is 0 Å². The van der Waals surface area contributed by atoms with Crippen LogP contribution in [-0.2, 0) is 19.9 Å². The first-order valence-corrected chi connectivity index (χ1v) is 9.95. The number of fused-ring (bicyclic) bond motifs is 1. The predicted octanol–water partition coefficient (Wildman–Crippen LogP) is 3.21. The summed E-state index contributed by atoms with van der Waals surface area (Å²) < 4.78 is 10.9. The van der Waals surface area contributed by atoms with E-state index in [-0.39, 0.29) is 25.5 Å². The van der Waals surface area contributed by atoms with E-state index in [1.165, 1.54) is 12.0 Å². The second-order valence-corrected chi connectivity index (χ2v) is 7.10. The molecule has 0 saturated carbocycles. The van der Waals surface area contributed by atoms with Gasteiger partial charge in [0.2, 0.25) is 11.8 Å². The average molecular weight is 435 g/mol. The zero-order chi connectivity index (χ0) is 22.6. The molecule has 0 aliphatic carbocycles. The van der Waals surface area contributed by atoms with Crippen LogP contribution in [0.3, 0.4) is 0 Å². The molecule has 0 spiro atoms. The molecule has 1 atom stereocenters. The van der Waals surface area contributed by atoms with Crippen molar-refractivity contribution < 1.29 is 24.2 Å². The maximum absolute atomic E-state index is 13.3. The standard InChI is InChI=1S/C23H21N3O6/c1-30-22-9-5-8-20-24-23(16-21(27)25(20)22,17-6-3-2-4-7-17)18-10-12-19(13-11-18)31-14-15-32-26(28)29/h2-13H,14-16H2,1H3. The Hall–Kier alpha value is -4.14. The van der Waals surface area contributed by atoms with Crippen LogP contribution in [0.2, 0.25) is 0 Å². The van der Waals surface area contributed by atoms with Crippen LogP contribution in [0.15, 0.2) is 83.7 Å². The fourth-order valence-corrected chi connectivity index (χ4v) is 3.82. The first kappa shape index (κ1) is 21.1. The summed E-state index contributed by atoms with van der Waals surface area (Å²) in [5.41, 5.74) is 0.785. The fourth-order valence-electron chi connectivity index (χ4n) is 3.82. The third-order valence-electron chi connectivity index (χ3n) is 5.24. The monoisotopic (exact) mass is 435 g/mol. The highest BCUT2D eigenvalue weighted by Crippen LogP contribution is 2.42. The lowest BCUT2D eigenvalue weighted by molar-refractivity contribution is -0.757. The van der Waals surface area contributed by atoms with E-state index in [0.717, 1.165) is 11.1 Å². The Morgan fingerprint density at radius 2 is 1.81 bits per heavy atom. The number of hydrogen-bond acceptors (Lipinski definition) is 7.